The molecule has 30 heavy (non-hydrogen) atoms. The van der Waals surface area contributed by atoms with Crippen LogP contribution in [0.4, 0.5) is 5.69 Å². The van der Waals surface area contributed by atoms with Gasteiger partial charge in [-0.25, -0.2) is 4.52 Å². The highest BCUT2D eigenvalue weighted by Crippen LogP contribution is 2.21. The van der Waals surface area contributed by atoms with Crippen LogP contribution in [0.2, 0.25) is 0 Å². The summed E-state index contributed by atoms with van der Waals surface area (Å²) in [4.78, 5) is 25.3. The lowest BCUT2D eigenvalue weighted by Gasteiger charge is -2.08. The summed E-state index contributed by atoms with van der Waals surface area (Å²) in [5.41, 5.74) is 2.21. The zero-order valence-corrected chi connectivity index (χ0v) is 16.5. The molecule has 0 bridgehead atoms. The molecule has 0 aliphatic rings. The number of nitrogens with zero attached hydrogens (tertiary/aromatic N) is 3. The van der Waals surface area contributed by atoms with Crippen molar-refractivity contribution in [3.05, 3.63) is 77.3 Å². The molecule has 2 aromatic carbocycles. The maximum absolute atomic E-state index is 12.8. The molecule has 0 spiro atoms. The Hall–Kier alpha value is -4.07. The van der Waals surface area contributed by atoms with E-state index in [1.807, 2.05) is 24.3 Å². The third-order valence-corrected chi connectivity index (χ3v) is 4.66. The van der Waals surface area contributed by atoms with Gasteiger partial charge in [0.2, 0.25) is 5.91 Å². The number of rotatable bonds is 6. The molecule has 0 fully saturated rings. The van der Waals surface area contributed by atoms with Crippen molar-refractivity contribution in [2.45, 2.75) is 6.54 Å². The van der Waals surface area contributed by atoms with Crippen LogP contribution >= 0.6 is 0 Å². The van der Waals surface area contributed by atoms with Crippen molar-refractivity contribution in [1.82, 2.24) is 14.2 Å². The summed E-state index contributed by atoms with van der Waals surface area (Å²) < 4.78 is 13.2. The Balaban J connectivity index is 1.56. The van der Waals surface area contributed by atoms with Gasteiger partial charge >= 0.3 is 0 Å². The summed E-state index contributed by atoms with van der Waals surface area (Å²) >= 11 is 0. The molecule has 0 saturated carbocycles. The molecule has 152 valence electrons. The van der Waals surface area contributed by atoms with E-state index in [2.05, 4.69) is 10.4 Å². The lowest BCUT2D eigenvalue weighted by atomic mass is 10.1. The van der Waals surface area contributed by atoms with Gasteiger partial charge in [0.05, 0.1) is 19.9 Å². The molecule has 8 heteroatoms. The van der Waals surface area contributed by atoms with Crippen LogP contribution in [-0.4, -0.2) is 34.3 Å². The molecular weight excluding hydrogens is 384 g/mol. The summed E-state index contributed by atoms with van der Waals surface area (Å²) in [5.74, 6) is 1.06. The van der Waals surface area contributed by atoms with Gasteiger partial charge < -0.3 is 19.4 Å². The number of carbonyl (C=O) groups excluding carboxylic acids is 1. The largest absolute Gasteiger partial charge is 0.497 e. The Morgan fingerprint density at radius 1 is 1.00 bits per heavy atom. The summed E-state index contributed by atoms with van der Waals surface area (Å²) in [5, 5.41) is 7.22. The second-order valence-electron chi connectivity index (χ2n) is 6.60. The van der Waals surface area contributed by atoms with Crippen LogP contribution < -0.4 is 20.3 Å². The number of aromatic nitrogens is 3. The van der Waals surface area contributed by atoms with E-state index in [1.54, 1.807) is 56.9 Å². The topological polar surface area (TPSA) is 86.9 Å². The van der Waals surface area contributed by atoms with Gasteiger partial charge in [-0.15, -0.1) is 0 Å². The van der Waals surface area contributed by atoms with Crippen molar-refractivity contribution >= 4 is 17.1 Å². The number of carbonyl (C=O) groups is 1. The molecule has 0 unspecified atom stereocenters. The van der Waals surface area contributed by atoms with Gasteiger partial charge in [0.15, 0.2) is 0 Å². The predicted molar refractivity (Wildman–Crippen MR) is 113 cm³/mol. The molecule has 0 radical (unpaired) electrons. The van der Waals surface area contributed by atoms with Crippen molar-refractivity contribution < 1.29 is 14.3 Å². The number of methoxy groups -OCH3 is 2. The third-order valence-electron chi connectivity index (χ3n) is 4.66. The standard InChI is InChI=1S/C22H20N4O4/c1-29-17-8-6-15(7-9-17)19-13-20-22(28)25(10-11-26(20)24-19)14-21(27)23-16-4-3-5-18(12-16)30-2/h3-13H,14H2,1-2H3,(H,23,27). The Labute approximate surface area is 172 Å². The third kappa shape index (κ3) is 3.88. The Kier molecular flexibility index (Phi) is 5.21. The summed E-state index contributed by atoms with van der Waals surface area (Å²) in [6.45, 7) is -0.115. The number of amides is 1. The molecule has 0 saturated heterocycles. The second-order valence-corrected chi connectivity index (χ2v) is 6.60. The smallest absolute Gasteiger partial charge is 0.277 e. The van der Waals surface area contributed by atoms with Crippen molar-refractivity contribution in [1.29, 1.82) is 0 Å². The van der Waals surface area contributed by atoms with Crippen molar-refractivity contribution in [2.24, 2.45) is 0 Å². The van der Waals surface area contributed by atoms with Crippen LogP contribution in [0.5, 0.6) is 11.5 Å². The normalized spacial score (nSPS) is 10.7. The predicted octanol–water partition coefficient (Wildman–Crippen LogP) is 2.82. The summed E-state index contributed by atoms with van der Waals surface area (Å²) in [6.07, 6.45) is 3.20. The number of ether oxygens (including phenoxy) is 2. The number of hydrogen-bond donors (Lipinski definition) is 1. The number of hydrogen-bond acceptors (Lipinski definition) is 5. The van der Waals surface area contributed by atoms with E-state index in [-0.39, 0.29) is 18.0 Å². The average molecular weight is 404 g/mol. The highest BCUT2D eigenvalue weighted by Gasteiger charge is 2.12. The number of fused-ring (bicyclic) bond motifs is 1. The lowest BCUT2D eigenvalue weighted by molar-refractivity contribution is -0.116. The summed E-state index contributed by atoms with van der Waals surface area (Å²) in [7, 11) is 3.16. The van der Waals surface area contributed by atoms with Crippen LogP contribution in [-0.2, 0) is 11.3 Å². The monoisotopic (exact) mass is 404 g/mol. The van der Waals surface area contributed by atoms with Crippen LogP contribution in [0.15, 0.2) is 71.8 Å². The minimum absolute atomic E-state index is 0.115. The van der Waals surface area contributed by atoms with Gasteiger partial charge in [-0.3, -0.25) is 9.59 Å². The minimum atomic E-state index is -0.315. The number of benzene rings is 2. The first-order valence-electron chi connectivity index (χ1n) is 9.24. The van der Waals surface area contributed by atoms with Crippen molar-refractivity contribution in [3.63, 3.8) is 0 Å². The molecular formula is C22H20N4O4. The molecule has 2 heterocycles. The van der Waals surface area contributed by atoms with Gasteiger partial charge in [-0.2, -0.15) is 5.10 Å². The Bertz CT molecular complexity index is 1260. The maximum Gasteiger partial charge on any atom is 0.277 e. The van der Waals surface area contributed by atoms with Crippen LogP contribution in [0.25, 0.3) is 16.8 Å². The Morgan fingerprint density at radius 3 is 2.50 bits per heavy atom. The minimum Gasteiger partial charge on any atom is -0.497 e. The highest BCUT2D eigenvalue weighted by molar-refractivity contribution is 5.90. The van der Waals surface area contributed by atoms with E-state index in [1.165, 1.54) is 9.08 Å². The average Bonchev–Trinajstić information content (AvgIpc) is 3.21. The fourth-order valence-corrected chi connectivity index (χ4v) is 3.11. The Morgan fingerprint density at radius 2 is 1.77 bits per heavy atom. The fraction of sp³-hybridized carbons (Fsp3) is 0.136. The zero-order valence-electron chi connectivity index (χ0n) is 16.5. The lowest BCUT2D eigenvalue weighted by Crippen LogP contribution is -2.28. The molecule has 4 aromatic rings. The van der Waals surface area contributed by atoms with Crippen molar-refractivity contribution in [3.8, 4) is 22.8 Å². The summed E-state index contributed by atoms with van der Waals surface area (Å²) in [6, 6.07) is 16.2. The highest BCUT2D eigenvalue weighted by atomic mass is 16.5. The van der Waals surface area contributed by atoms with Gasteiger partial charge in [0, 0.05) is 29.7 Å². The van der Waals surface area contributed by atoms with Gasteiger partial charge in [-0.1, -0.05) is 6.07 Å². The fourth-order valence-electron chi connectivity index (χ4n) is 3.11. The van der Waals surface area contributed by atoms with Crippen molar-refractivity contribution in [2.75, 3.05) is 19.5 Å². The van der Waals surface area contributed by atoms with E-state index in [0.29, 0.717) is 22.6 Å². The van der Waals surface area contributed by atoms with E-state index in [0.717, 1.165) is 11.3 Å². The molecule has 1 N–H and O–H groups in total. The molecule has 0 aliphatic heterocycles. The second kappa shape index (κ2) is 8.12. The van der Waals surface area contributed by atoms with Gasteiger partial charge in [0.25, 0.3) is 5.56 Å². The van der Waals surface area contributed by atoms with E-state index < -0.39 is 0 Å². The number of anilines is 1. The first-order valence-corrected chi connectivity index (χ1v) is 9.24. The van der Waals surface area contributed by atoms with E-state index >= 15 is 0 Å². The van der Waals surface area contributed by atoms with Crippen LogP contribution in [0, 0.1) is 0 Å². The molecule has 1 amide bonds. The van der Waals surface area contributed by atoms with Crippen LogP contribution in [0.3, 0.4) is 0 Å². The molecule has 2 aromatic heterocycles. The van der Waals surface area contributed by atoms with E-state index in [4.69, 9.17) is 9.47 Å². The molecule has 0 aliphatic carbocycles. The van der Waals surface area contributed by atoms with E-state index in [9.17, 15) is 9.59 Å². The quantitative estimate of drug-likeness (QED) is 0.534. The number of nitrogens with one attached hydrogen (secondary N) is 1. The first-order chi connectivity index (χ1) is 14.6. The molecule has 8 nitrogen and oxygen atoms in total. The maximum atomic E-state index is 12.8. The zero-order chi connectivity index (χ0) is 21.1. The first kappa shape index (κ1) is 19.3. The van der Waals surface area contributed by atoms with Gasteiger partial charge in [0.1, 0.15) is 23.6 Å². The molecule has 0 atom stereocenters. The van der Waals surface area contributed by atoms with Crippen LogP contribution in [0.1, 0.15) is 0 Å². The molecule has 4 rings (SSSR count). The van der Waals surface area contributed by atoms with Gasteiger partial charge in [-0.05, 0) is 42.5 Å². The SMILES string of the molecule is COc1ccc(-c2cc3c(=O)n(CC(=O)Nc4cccc(OC)c4)ccn3n2)cc1.